The van der Waals surface area contributed by atoms with Crippen molar-refractivity contribution in [1.82, 2.24) is 5.32 Å². The quantitative estimate of drug-likeness (QED) is 0.902. The number of nitrogens with one attached hydrogen (secondary N) is 1. The Kier molecular flexibility index (Phi) is 5.26. The smallest absolute Gasteiger partial charge is 0.419 e. The van der Waals surface area contributed by atoms with E-state index in [-0.39, 0.29) is 17.9 Å². The fourth-order valence-corrected chi connectivity index (χ4v) is 2.02. The highest BCUT2D eigenvalue weighted by atomic mass is 19.4. The predicted octanol–water partition coefficient (Wildman–Crippen LogP) is 4.03. The van der Waals surface area contributed by atoms with Crippen molar-refractivity contribution in [1.29, 1.82) is 0 Å². The summed E-state index contributed by atoms with van der Waals surface area (Å²) in [5, 5.41) is 2.47. The number of hydrogen-bond donors (Lipinski definition) is 1. The predicted molar refractivity (Wildman–Crippen MR) is 80.2 cm³/mol. The van der Waals surface area contributed by atoms with Gasteiger partial charge in [0.15, 0.2) is 0 Å². The van der Waals surface area contributed by atoms with Crippen molar-refractivity contribution in [2.45, 2.75) is 19.7 Å². The normalized spacial score (nSPS) is 11.1. The maximum atomic E-state index is 13.2. The van der Waals surface area contributed by atoms with E-state index < -0.39 is 17.6 Å². The van der Waals surface area contributed by atoms with Gasteiger partial charge < -0.3 is 10.1 Å². The maximum Gasteiger partial charge on any atom is 0.419 e. The minimum Gasteiger partial charge on any atom is -0.488 e. The number of amides is 1. The van der Waals surface area contributed by atoms with Crippen molar-refractivity contribution in [2.24, 2.45) is 0 Å². The number of benzene rings is 2. The van der Waals surface area contributed by atoms with Gasteiger partial charge in [-0.15, -0.1) is 0 Å². The van der Waals surface area contributed by atoms with Gasteiger partial charge in [-0.3, -0.25) is 4.79 Å². The van der Waals surface area contributed by atoms with Gasteiger partial charge in [-0.05, 0) is 30.7 Å². The largest absolute Gasteiger partial charge is 0.488 e. The molecule has 2 rings (SSSR count). The number of ether oxygens (including phenoxy) is 1. The molecule has 0 aliphatic carbocycles. The number of hydrogen-bond acceptors (Lipinski definition) is 2. The molecule has 2 aromatic rings. The van der Waals surface area contributed by atoms with Gasteiger partial charge >= 0.3 is 6.18 Å². The van der Waals surface area contributed by atoms with Gasteiger partial charge in [-0.2, -0.15) is 13.2 Å². The molecular weight excluding hydrogens is 307 g/mol. The fourth-order valence-electron chi connectivity index (χ4n) is 2.02. The first-order chi connectivity index (χ1) is 10.9. The summed E-state index contributed by atoms with van der Waals surface area (Å²) in [5.41, 5.74) is -0.253. The molecule has 0 saturated carbocycles. The van der Waals surface area contributed by atoms with Gasteiger partial charge in [0, 0.05) is 12.1 Å². The highest BCUT2D eigenvalue weighted by Gasteiger charge is 2.35. The van der Waals surface area contributed by atoms with Crippen LogP contribution < -0.4 is 10.1 Å². The van der Waals surface area contributed by atoms with Crippen LogP contribution in [0, 0.1) is 0 Å². The monoisotopic (exact) mass is 323 g/mol. The highest BCUT2D eigenvalue weighted by Crippen LogP contribution is 2.37. The summed E-state index contributed by atoms with van der Waals surface area (Å²) in [6, 6.07) is 12.2. The first-order valence-electron chi connectivity index (χ1n) is 7.08. The van der Waals surface area contributed by atoms with E-state index >= 15 is 0 Å². The highest BCUT2D eigenvalue weighted by molar-refractivity contribution is 5.94. The Labute approximate surface area is 132 Å². The van der Waals surface area contributed by atoms with Gasteiger partial charge in [0.1, 0.15) is 12.4 Å². The molecule has 0 fully saturated rings. The summed E-state index contributed by atoms with van der Waals surface area (Å²) in [6.07, 6.45) is -4.60. The average Bonchev–Trinajstić information content (AvgIpc) is 2.53. The van der Waals surface area contributed by atoms with Crippen LogP contribution in [0.2, 0.25) is 0 Å². The lowest BCUT2D eigenvalue weighted by molar-refractivity contribution is -0.139. The summed E-state index contributed by atoms with van der Waals surface area (Å²) >= 11 is 0. The molecule has 1 N–H and O–H groups in total. The van der Waals surface area contributed by atoms with Gasteiger partial charge in [0.05, 0.1) is 5.56 Å². The third kappa shape index (κ3) is 4.48. The van der Waals surface area contributed by atoms with Crippen molar-refractivity contribution in [2.75, 3.05) is 6.54 Å². The number of alkyl halides is 3. The van der Waals surface area contributed by atoms with E-state index in [9.17, 15) is 18.0 Å². The van der Waals surface area contributed by atoms with Crippen LogP contribution in [0.3, 0.4) is 0 Å². The molecule has 0 heterocycles. The second-order valence-electron chi connectivity index (χ2n) is 4.84. The summed E-state index contributed by atoms with van der Waals surface area (Å²) < 4.78 is 44.9. The molecule has 122 valence electrons. The molecule has 0 atom stereocenters. The molecule has 0 spiro atoms. The summed E-state index contributed by atoms with van der Waals surface area (Å²) in [6.45, 7) is 2.05. The van der Waals surface area contributed by atoms with Gasteiger partial charge in [-0.1, -0.05) is 30.3 Å². The lowest BCUT2D eigenvalue weighted by Crippen LogP contribution is -2.23. The number of rotatable bonds is 5. The standard InChI is InChI=1S/C17H16F3NO2/c1-2-21-16(22)13-8-9-15(14(10-13)17(18,19)20)23-11-12-6-4-3-5-7-12/h3-10H,2,11H2,1H3,(H,21,22). The Morgan fingerprint density at radius 2 is 1.83 bits per heavy atom. The van der Waals surface area contributed by atoms with E-state index in [1.165, 1.54) is 12.1 Å². The third-order valence-corrected chi connectivity index (χ3v) is 3.12. The lowest BCUT2D eigenvalue weighted by atomic mass is 10.1. The molecule has 0 unspecified atom stereocenters. The molecule has 23 heavy (non-hydrogen) atoms. The van der Waals surface area contributed by atoms with Crippen LogP contribution in [0.1, 0.15) is 28.4 Å². The Morgan fingerprint density at radius 1 is 1.13 bits per heavy atom. The van der Waals surface area contributed by atoms with Crippen LogP contribution in [0.5, 0.6) is 5.75 Å². The Bertz CT molecular complexity index is 669. The van der Waals surface area contributed by atoms with E-state index in [1.54, 1.807) is 31.2 Å². The topological polar surface area (TPSA) is 38.3 Å². The second kappa shape index (κ2) is 7.17. The summed E-state index contributed by atoms with van der Waals surface area (Å²) in [4.78, 5) is 11.7. The fraction of sp³-hybridized carbons (Fsp3) is 0.235. The van der Waals surface area contributed by atoms with E-state index in [1.807, 2.05) is 6.07 Å². The van der Waals surface area contributed by atoms with E-state index in [4.69, 9.17) is 4.74 Å². The van der Waals surface area contributed by atoms with Crippen LogP contribution in [0.4, 0.5) is 13.2 Å². The van der Waals surface area contributed by atoms with Crippen LogP contribution >= 0.6 is 0 Å². The van der Waals surface area contributed by atoms with Crippen molar-refractivity contribution in [3.8, 4) is 5.75 Å². The van der Waals surface area contributed by atoms with Gasteiger partial charge in [0.2, 0.25) is 0 Å². The zero-order chi connectivity index (χ0) is 16.9. The summed E-state index contributed by atoms with van der Waals surface area (Å²) in [5.74, 6) is -0.845. The number of halogens is 3. The van der Waals surface area contributed by atoms with E-state index in [0.717, 1.165) is 11.6 Å². The van der Waals surface area contributed by atoms with Crippen LogP contribution in [-0.2, 0) is 12.8 Å². The zero-order valence-electron chi connectivity index (χ0n) is 12.5. The first-order valence-corrected chi connectivity index (χ1v) is 7.08. The van der Waals surface area contributed by atoms with Crippen molar-refractivity contribution in [3.05, 3.63) is 65.2 Å². The molecule has 0 aromatic heterocycles. The minimum atomic E-state index is -4.60. The van der Waals surface area contributed by atoms with Gasteiger partial charge in [-0.25, -0.2) is 0 Å². The molecule has 2 aromatic carbocycles. The lowest BCUT2D eigenvalue weighted by Gasteiger charge is -2.15. The van der Waals surface area contributed by atoms with Gasteiger partial charge in [0.25, 0.3) is 5.91 Å². The van der Waals surface area contributed by atoms with E-state index in [2.05, 4.69) is 5.32 Å². The molecule has 6 heteroatoms. The Balaban J connectivity index is 2.26. The molecule has 1 amide bonds. The van der Waals surface area contributed by atoms with Crippen LogP contribution in [-0.4, -0.2) is 12.5 Å². The third-order valence-electron chi connectivity index (χ3n) is 3.12. The number of carbonyl (C=O) groups is 1. The maximum absolute atomic E-state index is 13.2. The Morgan fingerprint density at radius 3 is 2.43 bits per heavy atom. The zero-order valence-corrected chi connectivity index (χ0v) is 12.5. The SMILES string of the molecule is CCNC(=O)c1ccc(OCc2ccccc2)c(C(F)(F)F)c1. The molecular formula is C17H16F3NO2. The van der Waals surface area contributed by atoms with Crippen molar-refractivity contribution < 1.29 is 22.7 Å². The molecule has 0 aliphatic heterocycles. The molecule has 0 saturated heterocycles. The first kappa shape index (κ1) is 16.9. The van der Waals surface area contributed by atoms with Crippen LogP contribution in [0.15, 0.2) is 48.5 Å². The second-order valence-corrected chi connectivity index (χ2v) is 4.84. The molecule has 3 nitrogen and oxygen atoms in total. The van der Waals surface area contributed by atoms with Crippen molar-refractivity contribution >= 4 is 5.91 Å². The average molecular weight is 323 g/mol. The van der Waals surface area contributed by atoms with E-state index in [0.29, 0.717) is 6.54 Å². The van der Waals surface area contributed by atoms with Crippen molar-refractivity contribution in [3.63, 3.8) is 0 Å². The minimum absolute atomic E-state index is 0.0183. The molecule has 0 bridgehead atoms. The molecule has 0 radical (unpaired) electrons. The molecule has 0 aliphatic rings. The van der Waals surface area contributed by atoms with Crippen LogP contribution in [0.25, 0.3) is 0 Å². The summed E-state index contributed by atoms with van der Waals surface area (Å²) in [7, 11) is 0. The Hall–Kier alpha value is -2.50. The number of carbonyl (C=O) groups excluding carboxylic acids is 1.